The molecule has 1 fully saturated rings. The molecule has 4 heterocycles. The van der Waals surface area contributed by atoms with Gasteiger partial charge < -0.3 is 24.6 Å². The Hall–Kier alpha value is -5.37. The van der Waals surface area contributed by atoms with Crippen molar-refractivity contribution < 1.29 is 27.8 Å². The van der Waals surface area contributed by atoms with Gasteiger partial charge in [-0.25, -0.2) is 9.50 Å². The number of benzene rings is 2. The van der Waals surface area contributed by atoms with Crippen LogP contribution in [-0.2, 0) is 7.05 Å². The van der Waals surface area contributed by atoms with Gasteiger partial charge in [-0.2, -0.15) is 19.0 Å². The molecule has 1 aliphatic heterocycles. The SMILES string of the molecule is CN(C)C1CCN(C(=O)c2cccc(Oc3ccc(OC(F)F)c(-c4nn(C)cc4NC(=O)c4cnn5cccnc45)c3)c2)C1. The van der Waals surface area contributed by atoms with E-state index in [2.05, 4.69) is 25.4 Å². The smallest absolute Gasteiger partial charge is 0.387 e. The first kappa shape index (κ1) is 29.7. The van der Waals surface area contributed by atoms with Crippen molar-refractivity contribution in [1.82, 2.24) is 34.2 Å². The third-order valence-electron chi connectivity index (χ3n) is 7.52. The molecule has 12 nitrogen and oxygen atoms in total. The minimum atomic E-state index is -3.11. The average Bonchev–Trinajstić information content (AvgIpc) is 3.76. The molecule has 0 spiro atoms. The van der Waals surface area contributed by atoms with Crippen LogP contribution in [-0.4, -0.2) is 85.8 Å². The zero-order valence-electron chi connectivity index (χ0n) is 24.7. The third kappa shape index (κ3) is 6.31. The fourth-order valence-electron chi connectivity index (χ4n) is 5.27. The molecule has 14 heteroatoms. The molecular weight excluding hydrogens is 586 g/mol. The Kier molecular flexibility index (Phi) is 8.13. The molecule has 2 amide bonds. The Morgan fingerprint density at radius 1 is 1.11 bits per heavy atom. The molecule has 0 radical (unpaired) electrons. The lowest BCUT2D eigenvalue weighted by molar-refractivity contribution is -0.0494. The lowest BCUT2D eigenvalue weighted by atomic mass is 10.1. The van der Waals surface area contributed by atoms with Crippen molar-refractivity contribution in [3.8, 4) is 28.5 Å². The number of hydrogen-bond donors (Lipinski definition) is 1. The summed E-state index contributed by atoms with van der Waals surface area (Å²) in [4.78, 5) is 34.6. The zero-order valence-corrected chi connectivity index (χ0v) is 24.7. The number of nitrogens with zero attached hydrogens (tertiary/aromatic N) is 7. The second-order valence-electron chi connectivity index (χ2n) is 10.8. The predicted octanol–water partition coefficient (Wildman–Crippen LogP) is 4.55. The van der Waals surface area contributed by atoms with Crippen LogP contribution in [0.5, 0.6) is 17.2 Å². The van der Waals surface area contributed by atoms with E-state index in [0.29, 0.717) is 36.1 Å². The predicted molar refractivity (Wildman–Crippen MR) is 161 cm³/mol. The monoisotopic (exact) mass is 616 g/mol. The number of nitrogens with one attached hydrogen (secondary N) is 1. The number of hydrogen-bond acceptors (Lipinski definition) is 8. The second kappa shape index (κ2) is 12.3. The summed E-state index contributed by atoms with van der Waals surface area (Å²) in [7, 11) is 5.63. The van der Waals surface area contributed by atoms with Gasteiger partial charge in [0.2, 0.25) is 0 Å². The van der Waals surface area contributed by atoms with E-state index < -0.39 is 12.5 Å². The van der Waals surface area contributed by atoms with Gasteiger partial charge in [-0.1, -0.05) is 6.07 Å². The number of carbonyl (C=O) groups excluding carboxylic acids is 2. The lowest BCUT2D eigenvalue weighted by Crippen LogP contribution is -2.34. The highest BCUT2D eigenvalue weighted by Crippen LogP contribution is 2.39. The van der Waals surface area contributed by atoms with Crippen LogP contribution >= 0.6 is 0 Å². The maximum absolute atomic E-state index is 13.4. The quantitative estimate of drug-likeness (QED) is 0.256. The van der Waals surface area contributed by atoms with E-state index in [4.69, 9.17) is 9.47 Å². The highest BCUT2D eigenvalue weighted by molar-refractivity contribution is 6.09. The first-order valence-corrected chi connectivity index (χ1v) is 14.1. The summed E-state index contributed by atoms with van der Waals surface area (Å²) in [6.07, 6.45) is 7.03. The summed E-state index contributed by atoms with van der Waals surface area (Å²) in [5.41, 5.74) is 1.60. The first-order chi connectivity index (χ1) is 21.7. The minimum absolute atomic E-state index is 0.0959. The summed E-state index contributed by atoms with van der Waals surface area (Å²) in [6, 6.07) is 13.1. The van der Waals surface area contributed by atoms with Gasteiger partial charge in [0.1, 0.15) is 28.5 Å². The molecule has 1 unspecified atom stereocenters. The van der Waals surface area contributed by atoms with Crippen LogP contribution in [0.4, 0.5) is 14.5 Å². The number of likely N-dealkylation sites (tertiary alicyclic amines) is 1. The van der Waals surface area contributed by atoms with Crippen molar-refractivity contribution in [3.05, 3.63) is 84.4 Å². The molecule has 232 valence electrons. The van der Waals surface area contributed by atoms with Crippen molar-refractivity contribution in [2.75, 3.05) is 32.5 Å². The van der Waals surface area contributed by atoms with E-state index in [1.54, 1.807) is 56.0 Å². The Morgan fingerprint density at radius 2 is 1.93 bits per heavy atom. The van der Waals surface area contributed by atoms with Gasteiger partial charge in [0, 0.05) is 50.3 Å². The maximum atomic E-state index is 13.4. The first-order valence-electron chi connectivity index (χ1n) is 14.1. The molecule has 5 aromatic rings. The van der Waals surface area contributed by atoms with Gasteiger partial charge in [0.05, 0.1) is 17.4 Å². The molecule has 1 N–H and O–H groups in total. The molecule has 6 rings (SSSR count). The summed E-state index contributed by atoms with van der Waals surface area (Å²) < 4.78 is 40.6. The van der Waals surface area contributed by atoms with Crippen LogP contribution in [0.25, 0.3) is 16.9 Å². The van der Waals surface area contributed by atoms with Crippen molar-refractivity contribution in [2.45, 2.75) is 19.1 Å². The molecule has 0 bridgehead atoms. The van der Waals surface area contributed by atoms with Gasteiger partial charge >= 0.3 is 6.61 Å². The highest BCUT2D eigenvalue weighted by Gasteiger charge is 2.28. The van der Waals surface area contributed by atoms with E-state index in [-0.39, 0.29) is 39.9 Å². The van der Waals surface area contributed by atoms with Crippen LogP contribution in [0.15, 0.2) is 73.3 Å². The number of aromatic nitrogens is 5. The maximum Gasteiger partial charge on any atom is 0.387 e. The van der Waals surface area contributed by atoms with Crippen LogP contribution in [0.2, 0.25) is 0 Å². The molecule has 1 saturated heterocycles. The molecule has 2 aromatic carbocycles. The summed E-state index contributed by atoms with van der Waals surface area (Å²) in [5.74, 6) is -0.121. The number of fused-ring (bicyclic) bond motifs is 1. The zero-order chi connectivity index (χ0) is 31.7. The van der Waals surface area contributed by atoms with Gasteiger partial charge in [0.25, 0.3) is 11.8 Å². The van der Waals surface area contributed by atoms with Crippen molar-refractivity contribution in [1.29, 1.82) is 0 Å². The summed E-state index contributed by atoms with van der Waals surface area (Å²) in [5, 5.41) is 11.4. The number of halogens is 2. The standard InChI is InChI=1S/C31H30F2N8O4/c1-38(2)20-10-13-40(17-20)30(43)19-6-4-7-21(14-19)44-22-8-9-26(45-31(32)33)23(15-22)27-25(18-39(3)37-27)36-29(42)24-16-35-41-12-5-11-34-28(24)41/h4-9,11-12,14-16,18,20,31H,10,13,17H2,1-3H3,(H,36,42). The van der Waals surface area contributed by atoms with E-state index >= 15 is 0 Å². The van der Waals surface area contributed by atoms with E-state index in [9.17, 15) is 18.4 Å². The number of likely N-dealkylation sites (N-methyl/N-ethyl adjacent to an activating group) is 1. The number of alkyl halides is 2. The number of carbonyl (C=O) groups is 2. The normalized spacial score (nSPS) is 14.8. The summed E-state index contributed by atoms with van der Waals surface area (Å²) >= 11 is 0. The number of anilines is 1. The highest BCUT2D eigenvalue weighted by atomic mass is 19.3. The van der Waals surface area contributed by atoms with Crippen LogP contribution in [0, 0.1) is 0 Å². The Bertz CT molecular complexity index is 1870. The van der Waals surface area contributed by atoms with E-state index in [1.165, 1.54) is 33.6 Å². The fourth-order valence-corrected chi connectivity index (χ4v) is 5.27. The van der Waals surface area contributed by atoms with Gasteiger partial charge in [-0.15, -0.1) is 0 Å². The van der Waals surface area contributed by atoms with Crippen molar-refractivity contribution in [3.63, 3.8) is 0 Å². The van der Waals surface area contributed by atoms with Crippen LogP contribution in [0.3, 0.4) is 0 Å². The Morgan fingerprint density at radius 3 is 2.71 bits per heavy atom. The van der Waals surface area contributed by atoms with Gasteiger partial charge in [0.15, 0.2) is 5.65 Å². The Balaban J connectivity index is 1.28. The van der Waals surface area contributed by atoms with E-state index in [0.717, 1.165) is 6.42 Å². The van der Waals surface area contributed by atoms with Gasteiger partial charge in [-0.3, -0.25) is 14.3 Å². The number of ether oxygens (including phenoxy) is 2. The fraction of sp³-hybridized carbons (Fsp3) is 0.258. The average molecular weight is 617 g/mol. The second-order valence-corrected chi connectivity index (χ2v) is 10.8. The minimum Gasteiger partial charge on any atom is -0.457 e. The number of rotatable bonds is 9. The number of aryl methyl sites for hydroxylation is 1. The molecule has 1 atom stereocenters. The molecule has 3 aromatic heterocycles. The van der Waals surface area contributed by atoms with Crippen molar-refractivity contribution >= 4 is 23.1 Å². The van der Waals surface area contributed by atoms with Gasteiger partial charge in [-0.05, 0) is 63.0 Å². The largest absolute Gasteiger partial charge is 0.457 e. The molecule has 0 aliphatic carbocycles. The molecular formula is C31H30F2N8O4. The van der Waals surface area contributed by atoms with Crippen LogP contribution in [0.1, 0.15) is 27.1 Å². The Labute approximate surface area is 256 Å². The third-order valence-corrected chi connectivity index (χ3v) is 7.52. The van der Waals surface area contributed by atoms with Crippen molar-refractivity contribution in [2.24, 2.45) is 7.05 Å². The topological polar surface area (TPSA) is 119 Å². The molecule has 0 saturated carbocycles. The lowest BCUT2D eigenvalue weighted by Gasteiger charge is -2.20. The number of amides is 2. The summed E-state index contributed by atoms with van der Waals surface area (Å²) in [6.45, 7) is -1.80. The molecule has 1 aliphatic rings. The van der Waals surface area contributed by atoms with Crippen LogP contribution < -0.4 is 14.8 Å². The molecule has 45 heavy (non-hydrogen) atoms. The van der Waals surface area contributed by atoms with E-state index in [1.807, 2.05) is 19.0 Å².